The molecule has 0 amide bonds. The Labute approximate surface area is 161 Å². The maximum absolute atomic E-state index is 14.0. The molecule has 140 valence electrons. The van der Waals surface area contributed by atoms with Crippen LogP contribution in [0.3, 0.4) is 0 Å². The number of hydrogen-bond donors (Lipinski definition) is 0. The number of fused-ring (bicyclic) bond motifs is 1. The molecule has 0 spiro atoms. The lowest BCUT2D eigenvalue weighted by Gasteiger charge is -2.13. The summed E-state index contributed by atoms with van der Waals surface area (Å²) in [5.74, 6) is 0.918. The van der Waals surface area contributed by atoms with Crippen molar-refractivity contribution in [2.75, 3.05) is 7.11 Å². The van der Waals surface area contributed by atoms with Crippen LogP contribution in [0.4, 0.5) is 4.39 Å². The highest BCUT2D eigenvalue weighted by Gasteiger charge is 2.14. The minimum atomic E-state index is -0.469. The van der Waals surface area contributed by atoms with E-state index in [2.05, 4.69) is 9.97 Å². The van der Waals surface area contributed by atoms with E-state index in [1.807, 2.05) is 30.3 Å². The van der Waals surface area contributed by atoms with Gasteiger partial charge in [0, 0.05) is 6.07 Å². The van der Waals surface area contributed by atoms with Gasteiger partial charge in [-0.2, -0.15) is 0 Å². The van der Waals surface area contributed by atoms with E-state index in [0.29, 0.717) is 29.0 Å². The average molecular weight is 376 g/mol. The quantitative estimate of drug-likeness (QED) is 0.466. The molecule has 0 atom stereocenters. The van der Waals surface area contributed by atoms with Crippen LogP contribution in [-0.2, 0) is 6.61 Å². The minimum Gasteiger partial charge on any atom is -0.493 e. The van der Waals surface area contributed by atoms with E-state index >= 15 is 0 Å². The van der Waals surface area contributed by atoms with Crippen LogP contribution in [0, 0.1) is 5.82 Å². The summed E-state index contributed by atoms with van der Waals surface area (Å²) in [6.07, 6.45) is 1.36. The van der Waals surface area contributed by atoms with Crippen molar-refractivity contribution >= 4 is 10.9 Å². The zero-order valence-corrected chi connectivity index (χ0v) is 15.1. The molecule has 0 saturated carbocycles. The number of para-hydroxylation sites is 1. The molecule has 4 aromatic rings. The second-order valence-corrected chi connectivity index (χ2v) is 6.01. The van der Waals surface area contributed by atoms with Crippen molar-refractivity contribution < 1.29 is 18.6 Å². The van der Waals surface area contributed by atoms with Crippen molar-refractivity contribution in [1.82, 2.24) is 9.97 Å². The Morgan fingerprint density at radius 3 is 2.43 bits per heavy atom. The first-order chi connectivity index (χ1) is 13.7. The van der Waals surface area contributed by atoms with Gasteiger partial charge >= 0.3 is 0 Å². The molecule has 0 aliphatic rings. The van der Waals surface area contributed by atoms with Crippen LogP contribution in [0.1, 0.15) is 5.56 Å². The number of methoxy groups -OCH3 is 1. The molecule has 0 bridgehead atoms. The van der Waals surface area contributed by atoms with Gasteiger partial charge in [-0.15, -0.1) is 0 Å². The molecular weight excluding hydrogens is 359 g/mol. The van der Waals surface area contributed by atoms with E-state index in [1.165, 1.54) is 12.4 Å². The molecule has 1 aromatic heterocycles. The molecule has 3 aromatic carbocycles. The predicted octanol–water partition coefficient (Wildman–Crippen LogP) is 5.15. The Hall–Kier alpha value is -3.67. The molecular formula is C22H17FN2O3. The summed E-state index contributed by atoms with van der Waals surface area (Å²) in [6.45, 7) is 0.375. The number of nitrogens with zero attached hydrogens (tertiary/aromatic N) is 2. The monoisotopic (exact) mass is 376 g/mol. The van der Waals surface area contributed by atoms with Crippen LogP contribution in [0.15, 0.2) is 73.1 Å². The van der Waals surface area contributed by atoms with E-state index < -0.39 is 5.82 Å². The molecule has 6 heteroatoms. The molecule has 0 radical (unpaired) electrons. The molecule has 28 heavy (non-hydrogen) atoms. The Morgan fingerprint density at radius 1 is 0.857 bits per heavy atom. The fraction of sp³-hybridized carbons (Fsp3) is 0.0909. The van der Waals surface area contributed by atoms with Gasteiger partial charge in [0.25, 0.3) is 0 Å². The van der Waals surface area contributed by atoms with Gasteiger partial charge in [-0.05, 0) is 23.8 Å². The minimum absolute atomic E-state index is 0.0880. The normalized spacial score (nSPS) is 10.6. The highest BCUT2D eigenvalue weighted by Crippen LogP contribution is 2.36. The fourth-order valence-corrected chi connectivity index (χ4v) is 2.76. The van der Waals surface area contributed by atoms with Gasteiger partial charge in [0.1, 0.15) is 12.9 Å². The fourth-order valence-electron chi connectivity index (χ4n) is 2.76. The van der Waals surface area contributed by atoms with E-state index in [9.17, 15) is 4.39 Å². The first-order valence-corrected chi connectivity index (χ1v) is 8.66. The lowest BCUT2D eigenvalue weighted by atomic mass is 10.2. The molecule has 0 fully saturated rings. The largest absolute Gasteiger partial charge is 0.493 e. The topological polar surface area (TPSA) is 53.5 Å². The number of aromatic nitrogens is 2. The molecule has 0 unspecified atom stereocenters. The van der Waals surface area contributed by atoms with Crippen molar-refractivity contribution in [2.45, 2.75) is 6.61 Å². The summed E-state index contributed by atoms with van der Waals surface area (Å²) in [6, 6.07) is 19.4. The van der Waals surface area contributed by atoms with Crippen molar-refractivity contribution in [3.05, 3.63) is 84.4 Å². The zero-order chi connectivity index (χ0) is 19.3. The van der Waals surface area contributed by atoms with Crippen LogP contribution < -0.4 is 14.2 Å². The van der Waals surface area contributed by atoms with Crippen LogP contribution in [-0.4, -0.2) is 17.1 Å². The van der Waals surface area contributed by atoms with Gasteiger partial charge in [-0.3, -0.25) is 0 Å². The van der Waals surface area contributed by atoms with Gasteiger partial charge in [0.15, 0.2) is 23.1 Å². The van der Waals surface area contributed by atoms with E-state index in [-0.39, 0.29) is 11.6 Å². The first-order valence-electron chi connectivity index (χ1n) is 8.66. The molecule has 0 aliphatic carbocycles. The number of benzene rings is 3. The van der Waals surface area contributed by atoms with Gasteiger partial charge in [-0.25, -0.2) is 14.4 Å². The summed E-state index contributed by atoms with van der Waals surface area (Å²) >= 11 is 0. The molecule has 0 aliphatic heterocycles. The third-order valence-electron chi connectivity index (χ3n) is 4.16. The van der Waals surface area contributed by atoms with Crippen LogP contribution in [0.2, 0.25) is 0 Å². The van der Waals surface area contributed by atoms with Gasteiger partial charge in [-0.1, -0.05) is 42.5 Å². The Balaban J connectivity index is 1.70. The number of rotatable bonds is 6. The maximum Gasteiger partial charge on any atom is 0.230 e. The summed E-state index contributed by atoms with van der Waals surface area (Å²) in [5, 5.41) is 0.592. The highest BCUT2D eigenvalue weighted by atomic mass is 19.1. The smallest absolute Gasteiger partial charge is 0.230 e. The zero-order valence-electron chi connectivity index (χ0n) is 15.1. The summed E-state index contributed by atoms with van der Waals surface area (Å²) in [4.78, 5) is 8.42. The number of halogens is 1. The Bertz CT molecular complexity index is 1100. The summed E-state index contributed by atoms with van der Waals surface area (Å²) < 4.78 is 31.0. The van der Waals surface area contributed by atoms with Gasteiger partial charge in [0.05, 0.1) is 18.0 Å². The predicted molar refractivity (Wildman–Crippen MR) is 103 cm³/mol. The van der Waals surface area contributed by atoms with Crippen LogP contribution in [0.5, 0.6) is 23.1 Å². The van der Waals surface area contributed by atoms with Crippen molar-refractivity contribution in [3.8, 4) is 23.1 Å². The average Bonchev–Trinajstić information content (AvgIpc) is 2.74. The SMILES string of the molecule is COc1cc2ncnc(Oc3ccccc3F)c2cc1OCc1ccccc1. The highest BCUT2D eigenvalue weighted by molar-refractivity contribution is 5.87. The van der Waals surface area contributed by atoms with Crippen molar-refractivity contribution in [3.63, 3.8) is 0 Å². The second kappa shape index (κ2) is 7.92. The molecule has 0 N–H and O–H groups in total. The molecule has 4 rings (SSSR count). The lowest BCUT2D eigenvalue weighted by Crippen LogP contribution is -1.99. The number of hydrogen-bond acceptors (Lipinski definition) is 5. The lowest BCUT2D eigenvalue weighted by molar-refractivity contribution is 0.285. The van der Waals surface area contributed by atoms with Crippen LogP contribution >= 0.6 is 0 Å². The van der Waals surface area contributed by atoms with E-state index in [0.717, 1.165) is 5.56 Å². The third-order valence-corrected chi connectivity index (χ3v) is 4.16. The van der Waals surface area contributed by atoms with E-state index in [4.69, 9.17) is 14.2 Å². The second-order valence-electron chi connectivity index (χ2n) is 6.01. The standard InChI is InChI=1S/C22H17FN2O3/c1-26-20-12-18-16(11-21(20)27-13-15-7-3-2-4-8-15)22(25-14-24-18)28-19-10-6-5-9-17(19)23/h2-12,14H,13H2,1H3. The maximum atomic E-state index is 14.0. The first kappa shape index (κ1) is 17.7. The van der Waals surface area contributed by atoms with Gasteiger partial charge < -0.3 is 14.2 Å². The Morgan fingerprint density at radius 2 is 1.64 bits per heavy atom. The molecule has 5 nitrogen and oxygen atoms in total. The molecule has 0 saturated heterocycles. The van der Waals surface area contributed by atoms with Crippen LogP contribution in [0.25, 0.3) is 10.9 Å². The number of ether oxygens (including phenoxy) is 3. The van der Waals surface area contributed by atoms with Crippen molar-refractivity contribution in [2.24, 2.45) is 0 Å². The van der Waals surface area contributed by atoms with Gasteiger partial charge in [0.2, 0.25) is 5.88 Å². The summed E-state index contributed by atoms with van der Waals surface area (Å²) in [5.41, 5.74) is 1.63. The third kappa shape index (κ3) is 3.71. The molecule has 1 heterocycles. The summed E-state index contributed by atoms with van der Waals surface area (Å²) in [7, 11) is 1.56. The van der Waals surface area contributed by atoms with Crippen molar-refractivity contribution in [1.29, 1.82) is 0 Å². The van der Waals surface area contributed by atoms with E-state index in [1.54, 1.807) is 37.4 Å². The Kier molecular flexibility index (Phi) is 5.01.